The van der Waals surface area contributed by atoms with Crippen molar-refractivity contribution in [2.24, 2.45) is 11.7 Å². The molecule has 0 saturated carbocycles. The number of hydrogen-bond donors (Lipinski definition) is 2. The molecular formula is C10H17N3O2. The highest BCUT2D eigenvalue weighted by Gasteiger charge is 2.07. The predicted molar refractivity (Wildman–Crippen MR) is 57.2 cm³/mol. The first-order valence-electron chi connectivity index (χ1n) is 5.12. The number of hydrogen-bond acceptors (Lipinski definition) is 4. The van der Waals surface area contributed by atoms with Crippen molar-refractivity contribution in [2.75, 3.05) is 11.9 Å². The molecule has 3 N–H and O–H groups in total. The molecule has 0 aliphatic rings. The Morgan fingerprint density at radius 3 is 3.07 bits per heavy atom. The Morgan fingerprint density at radius 1 is 1.67 bits per heavy atom. The Morgan fingerprint density at radius 2 is 2.47 bits per heavy atom. The van der Waals surface area contributed by atoms with Crippen LogP contribution in [0, 0.1) is 5.92 Å². The summed E-state index contributed by atoms with van der Waals surface area (Å²) in [7, 11) is 0. The largest absolute Gasteiger partial charge is 0.363 e. The summed E-state index contributed by atoms with van der Waals surface area (Å²) in [5.74, 6) is 0.914. The van der Waals surface area contributed by atoms with Gasteiger partial charge in [0.2, 0.25) is 5.91 Å². The molecule has 5 heteroatoms. The summed E-state index contributed by atoms with van der Waals surface area (Å²) in [5.41, 5.74) is 5.42. The van der Waals surface area contributed by atoms with Gasteiger partial charge in [0.25, 0.3) is 0 Å². The van der Waals surface area contributed by atoms with Crippen LogP contribution in [-0.2, 0) is 4.79 Å². The minimum atomic E-state index is -0.0345. The van der Waals surface area contributed by atoms with E-state index in [1.165, 1.54) is 6.26 Å². The van der Waals surface area contributed by atoms with E-state index < -0.39 is 0 Å². The number of anilines is 1. The molecule has 1 aromatic heterocycles. The second-order valence-electron chi connectivity index (χ2n) is 3.65. The number of rotatable bonds is 6. The number of nitrogens with one attached hydrogen (secondary N) is 1. The molecule has 0 aliphatic heterocycles. The Hall–Kier alpha value is -1.36. The third-order valence-corrected chi connectivity index (χ3v) is 2.23. The van der Waals surface area contributed by atoms with Gasteiger partial charge in [0, 0.05) is 12.5 Å². The molecule has 84 valence electrons. The molecule has 1 rings (SSSR count). The van der Waals surface area contributed by atoms with Gasteiger partial charge in [0.1, 0.15) is 6.26 Å². The van der Waals surface area contributed by atoms with E-state index in [4.69, 9.17) is 5.73 Å². The smallest absolute Gasteiger partial charge is 0.225 e. The zero-order chi connectivity index (χ0) is 11.1. The lowest BCUT2D eigenvalue weighted by Crippen LogP contribution is -2.14. The molecule has 1 heterocycles. The van der Waals surface area contributed by atoms with Crippen molar-refractivity contribution < 1.29 is 9.32 Å². The van der Waals surface area contributed by atoms with Gasteiger partial charge in [-0.15, -0.1) is 0 Å². The quantitative estimate of drug-likeness (QED) is 0.744. The van der Waals surface area contributed by atoms with Crippen molar-refractivity contribution >= 4 is 11.7 Å². The molecule has 1 aromatic rings. The summed E-state index contributed by atoms with van der Waals surface area (Å²) < 4.78 is 4.60. The summed E-state index contributed by atoms with van der Waals surface area (Å²) in [5, 5.41) is 6.24. The van der Waals surface area contributed by atoms with Crippen molar-refractivity contribution in [1.82, 2.24) is 5.16 Å². The van der Waals surface area contributed by atoms with Crippen LogP contribution in [0.2, 0.25) is 0 Å². The molecular weight excluding hydrogens is 194 g/mol. The van der Waals surface area contributed by atoms with E-state index in [0.29, 0.717) is 24.7 Å². The third kappa shape index (κ3) is 4.60. The molecule has 0 aliphatic carbocycles. The van der Waals surface area contributed by atoms with Gasteiger partial charge in [0.05, 0.1) is 0 Å². The van der Waals surface area contributed by atoms with E-state index in [0.717, 1.165) is 12.8 Å². The topological polar surface area (TPSA) is 81.2 Å². The Labute approximate surface area is 89.0 Å². The zero-order valence-electron chi connectivity index (χ0n) is 8.90. The van der Waals surface area contributed by atoms with E-state index in [2.05, 4.69) is 21.9 Å². The van der Waals surface area contributed by atoms with Crippen molar-refractivity contribution in [2.45, 2.75) is 26.2 Å². The molecule has 1 atom stereocenters. The minimum absolute atomic E-state index is 0.0345. The first-order valence-corrected chi connectivity index (χ1v) is 5.12. The third-order valence-electron chi connectivity index (χ3n) is 2.23. The number of nitrogens with two attached hydrogens (primary N) is 1. The van der Waals surface area contributed by atoms with Gasteiger partial charge in [0.15, 0.2) is 5.82 Å². The van der Waals surface area contributed by atoms with Gasteiger partial charge in [-0.3, -0.25) is 4.79 Å². The monoisotopic (exact) mass is 211 g/mol. The summed E-state index contributed by atoms with van der Waals surface area (Å²) >= 11 is 0. The summed E-state index contributed by atoms with van der Waals surface area (Å²) in [6.45, 7) is 2.77. The molecule has 0 saturated heterocycles. The molecule has 0 bridgehead atoms. The maximum atomic E-state index is 11.4. The van der Waals surface area contributed by atoms with Crippen LogP contribution < -0.4 is 11.1 Å². The molecule has 1 amide bonds. The first kappa shape index (κ1) is 11.7. The van der Waals surface area contributed by atoms with E-state index in [1.54, 1.807) is 6.07 Å². The minimum Gasteiger partial charge on any atom is -0.363 e. The molecule has 0 fully saturated rings. The normalized spacial score (nSPS) is 12.4. The molecule has 5 nitrogen and oxygen atoms in total. The van der Waals surface area contributed by atoms with Crippen LogP contribution in [0.25, 0.3) is 0 Å². The molecule has 1 unspecified atom stereocenters. The van der Waals surface area contributed by atoms with E-state index >= 15 is 0 Å². The zero-order valence-corrected chi connectivity index (χ0v) is 8.90. The highest BCUT2D eigenvalue weighted by molar-refractivity contribution is 5.89. The van der Waals surface area contributed by atoms with Gasteiger partial charge in [-0.05, 0) is 25.3 Å². The standard InChI is InChI=1S/C10H17N3O2/c1-8(4-6-11)2-3-10(14)12-9-5-7-15-13-9/h5,7-8H,2-4,6,11H2,1H3,(H,12,13,14). The van der Waals surface area contributed by atoms with Gasteiger partial charge in [-0.2, -0.15) is 0 Å². The van der Waals surface area contributed by atoms with E-state index in [-0.39, 0.29) is 5.91 Å². The molecule has 15 heavy (non-hydrogen) atoms. The van der Waals surface area contributed by atoms with Crippen LogP contribution >= 0.6 is 0 Å². The van der Waals surface area contributed by atoms with Crippen LogP contribution in [0.15, 0.2) is 16.9 Å². The number of nitrogens with zero attached hydrogens (tertiary/aromatic N) is 1. The van der Waals surface area contributed by atoms with Gasteiger partial charge >= 0.3 is 0 Å². The molecule has 0 aromatic carbocycles. The van der Waals surface area contributed by atoms with Gasteiger partial charge in [-0.25, -0.2) is 0 Å². The van der Waals surface area contributed by atoms with Crippen molar-refractivity contribution in [3.63, 3.8) is 0 Å². The average molecular weight is 211 g/mol. The number of carbonyl (C=O) groups is 1. The van der Waals surface area contributed by atoms with Crippen LogP contribution in [0.5, 0.6) is 0 Å². The number of amides is 1. The van der Waals surface area contributed by atoms with Gasteiger partial charge < -0.3 is 15.6 Å². The van der Waals surface area contributed by atoms with Crippen molar-refractivity contribution in [1.29, 1.82) is 0 Å². The SMILES string of the molecule is CC(CCN)CCC(=O)Nc1ccon1. The second-order valence-corrected chi connectivity index (χ2v) is 3.65. The lowest BCUT2D eigenvalue weighted by Gasteiger charge is -2.08. The molecule has 0 radical (unpaired) electrons. The van der Waals surface area contributed by atoms with Crippen LogP contribution in [0.1, 0.15) is 26.2 Å². The fourth-order valence-electron chi connectivity index (χ4n) is 1.29. The maximum Gasteiger partial charge on any atom is 0.225 e. The lowest BCUT2D eigenvalue weighted by atomic mass is 10.0. The van der Waals surface area contributed by atoms with E-state index in [9.17, 15) is 4.79 Å². The average Bonchev–Trinajstić information content (AvgIpc) is 2.68. The van der Waals surface area contributed by atoms with Crippen molar-refractivity contribution in [3.05, 3.63) is 12.3 Å². The first-order chi connectivity index (χ1) is 7.22. The van der Waals surface area contributed by atoms with Crippen LogP contribution in [0.4, 0.5) is 5.82 Å². The van der Waals surface area contributed by atoms with Gasteiger partial charge in [-0.1, -0.05) is 12.1 Å². The second kappa shape index (κ2) is 6.19. The van der Waals surface area contributed by atoms with Crippen LogP contribution in [0.3, 0.4) is 0 Å². The van der Waals surface area contributed by atoms with Crippen LogP contribution in [-0.4, -0.2) is 17.6 Å². The highest BCUT2D eigenvalue weighted by atomic mass is 16.5. The highest BCUT2D eigenvalue weighted by Crippen LogP contribution is 2.10. The Bertz CT molecular complexity index is 285. The Kier molecular flexibility index (Phi) is 4.83. The van der Waals surface area contributed by atoms with Crippen molar-refractivity contribution in [3.8, 4) is 0 Å². The fourth-order valence-corrected chi connectivity index (χ4v) is 1.29. The predicted octanol–water partition coefficient (Wildman–Crippen LogP) is 1.38. The Balaban J connectivity index is 2.19. The fraction of sp³-hybridized carbons (Fsp3) is 0.600. The maximum absolute atomic E-state index is 11.4. The summed E-state index contributed by atoms with van der Waals surface area (Å²) in [6, 6.07) is 1.61. The van der Waals surface area contributed by atoms with E-state index in [1.807, 2.05) is 0 Å². The molecule has 0 spiro atoms. The lowest BCUT2D eigenvalue weighted by molar-refractivity contribution is -0.116. The number of aromatic nitrogens is 1. The number of carbonyl (C=O) groups excluding carboxylic acids is 1. The summed E-state index contributed by atoms with van der Waals surface area (Å²) in [6.07, 6.45) is 3.72. The summed E-state index contributed by atoms with van der Waals surface area (Å²) in [4.78, 5) is 11.4.